The maximum Gasteiger partial charge on any atom is 0.274 e. The smallest absolute Gasteiger partial charge is 0.274 e. The fourth-order valence-corrected chi connectivity index (χ4v) is 2.26. The molecule has 3 rings (SSSR count). The van der Waals surface area contributed by atoms with Gasteiger partial charge in [0.25, 0.3) is 5.56 Å². The SMILES string of the molecule is COc1cccc(/C(O)=C/c2nc3cc(C#N)ccc3[nH]c2=O)c1. The number of hydrogen-bond donors (Lipinski definition) is 2. The second-order valence-corrected chi connectivity index (χ2v) is 5.06. The lowest BCUT2D eigenvalue weighted by atomic mass is 10.1. The van der Waals surface area contributed by atoms with Crippen LogP contribution >= 0.6 is 0 Å². The average Bonchev–Trinajstić information content (AvgIpc) is 2.62. The molecule has 24 heavy (non-hydrogen) atoms. The summed E-state index contributed by atoms with van der Waals surface area (Å²) < 4.78 is 5.11. The predicted octanol–water partition coefficient (Wildman–Crippen LogP) is 2.86. The van der Waals surface area contributed by atoms with E-state index in [9.17, 15) is 9.90 Å². The number of aliphatic hydroxyl groups excluding tert-OH is 1. The highest BCUT2D eigenvalue weighted by Gasteiger charge is 2.07. The summed E-state index contributed by atoms with van der Waals surface area (Å²) >= 11 is 0. The molecule has 0 unspecified atom stereocenters. The molecule has 0 aliphatic carbocycles. The number of nitrogens with zero attached hydrogens (tertiary/aromatic N) is 2. The summed E-state index contributed by atoms with van der Waals surface area (Å²) in [7, 11) is 1.53. The van der Waals surface area contributed by atoms with E-state index in [0.717, 1.165) is 0 Å². The van der Waals surface area contributed by atoms with Crippen LogP contribution in [-0.4, -0.2) is 22.2 Å². The quantitative estimate of drug-likeness (QED) is 0.723. The Bertz CT molecular complexity index is 1050. The van der Waals surface area contributed by atoms with Crippen molar-refractivity contribution in [2.24, 2.45) is 0 Å². The van der Waals surface area contributed by atoms with E-state index in [-0.39, 0.29) is 11.5 Å². The van der Waals surface area contributed by atoms with Gasteiger partial charge in [0.15, 0.2) is 0 Å². The van der Waals surface area contributed by atoms with Gasteiger partial charge in [-0.3, -0.25) is 4.79 Å². The van der Waals surface area contributed by atoms with Gasteiger partial charge in [0, 0.05) is 11.6 Å². The van der Waals surface area contributed by atoms with E-state index in [0.29, 0.717) is 27.9 Å². The molecule has 6 nitrogen and oxygen atoms in total. The molecule has 0 aliphatic rings. The van der Waals surface area contributed by atoms with Gasteiger partial charge in [-0.2, -0.15) is 5.26 Å². The van der Waals surface area contributed by atoms with Crippen LogP contribution in [0.1, 0.15) is 16.8 Å². The van der Waals surface area contributed by atoms with Crippen molar-refractivity contribution < 1.29 is 9.84 Å². The molecular weight excluding hydrogens is 306 g/mol. The van der Waals surface area contributed by atoms with E-state index < -0.39 is 5.56 Å². The molecule has 0 spiro atoms. The van der Waals surface area contributed by atoms with Gasteiger partial charge >= 0.3 is 0 Å². The van der Waals surface area contributed by atoms with Crippen molar-refractivity contribution in [3.63, 3.8) is 0 Å². The molecule has 0 fully saturated rings. The van der Waals surface area contributed by atoms with Crippen LogP contribution < -0.4 is 10.3 Å². The second-order valence-electron chi connectivity index (χ2n) is 5.06. The van der Waals surface area contributed by atoms with E-state index in [4.69, 9.17) is 10.00 Å². The first-order valence-electron chi connectivity index (χ1n) is 7.10. The highest BCUT2D eigenvalue weighted by Crippen LogP contribution is 2.20. The summed E-state index contributed by atoms with van der Waals surface area (Å²) in [6, 6.07) is 13.6. The van der Waals surface area contributed by atoms with Crippen LogP contribution in [0.3, 0.4) is 0 Å². The van der Waals surface area contributed by atoms with E-state index in [1.807, 2.05) is 6.07 Å². The van der Waals surface area contributed by atoms with Crippen LogP contribution in [0.2, 0.25) is 0 Å². The van der Waals surface area contributed by atoms with Gasteiger partial charge in [-0.1, -0.05) is 12.1 Å². The number of aromatic amines is 1. The molecule has 0 amide bonds. The molecule has 0 radical (unpaired) electrons. The lowest BCUT2D eigenvalue weighted by Gasteiger charge is -2.04. The van der Waals surface area contributed by atoms with Crippen molar-refractivity contribution >= 4 is 22.9 Å². The molecule has 118 valence electrons. The Morgan fingerprint density at radius 1 is 1.33 bits per heavy atom. The van der Waals surface area contributed by atoms with Crippen LogP contribution in [0.5, 0.6) is 5.75 Å². The molecule has 6 heteroatoms. The van der Waals surface area contributed by atoms with Crippen molar-refractivity contribution in [3.8, 4) is 11.8 Å². The molecule has 0 saturated carbocycles. The monoisotopic (exact) mass is 319 g/mol. The number of nitriles is 1. The Hall–Kier alpha value is -3.59. The first kappa shape index (κ1) is 15.3. The standard InChI is InChI=1S/C18H13N3O3/c1-24-13-4-2-3-12(8-13)17(22)9-16-18(23)21-14-6-5-11(10-19)7-15(14)20-16/h2-9,22H,1H3,(H,21,23)/b17-9-. The molecule has 2 aromatic carbocycles. The lowest BCUT2D eigenvalue weighted by molar-refractivity contribution is 0.414. The fourth-order valence-electron chi connectivity index (χ4n) is 2.26. The summed E-state index contributed by atoms with van der Waals surface area (Å²) in [5.41, 5.74) is 1.56. The maximum absolute atomic E-state index is 12.1. The maximum atomic E-state index is 12.1. The Balaban J connectivity index is 2.09. The van der Waals surface area contributed by atoms with Crippen LogP contribution in [0.15, 0.2) is 47.3 Å². The van der Waals surface area contributed by atoms with Gasteiger partial charge in [0.05, 0.1) is 29.8 Å². The minimum absolute atomic E-state index is 0.0536. The van der Waals surface area contributed by atoms with Crippen molar-refractivity contribution in [3.05, 3.63) is 69.6 Å². The third-order valence-electron chi connectivity index (χ3n) is 3.49. The third-order valence-corrected chi connectivity index (χ3v) is 3.49. The largest absolute Gasteiger partial charge is 0.507 e. The molecule has 3 aromatic rings. The van der Waals surface area contributed by atoms with Crippen molar-refractivity contribution in [1.29, 1.82) is 5.26 Å². The number of aliphatic hydroxyl groups is 1. The first-order chi connectivity index (χ1) is 11.6. The van der Waals surface area contributed by atoms with Crippen molar-refractivity contribution in [1.82, 2.24) is 9.97 Å². The highest BCUT2D eigenvalue weighted by molar-refractivity contribution is 5.80. The number of H-pyrrole nitrogens is 1. The van der Waals surface area contributed by atoms with Gasteiger partial charge in [-0.05, 0) is 30.3 Å². The molecule has 0 saturated heterocycles. The molecule has 0 bridgehead atoms. The summed E-state index contributed by atoms with van der Waals surface area (Å²) in [6.45, 7) is 0. The molecule has 0 atom stereocenters. The number of rotatable bonds is 3. The van der Waals surface area contributed by atoms with Crippen LogP contribution in [-0.2, 0) is 0 Å². The lowest BCUT2D eigenvalue weighted by Crippen LogP contribution is -2.12. The number of nitrogens with one attached hydrogen (secondary N) is 1. The van der Waals surface area contributed by atoms with Crippen molar-refractivity contribution in [2.75, 3.05) is 7.11 Å². The normalized spacial score (nSPS) is 11.2. The number of benzene rings is 2. The Kier molecular flexibility index (Phi) is 4.00. The zero-order valence-corrected chi connectivity index (χ0v) is 12.8. The number of fused-ring (bicyclic) bond motifs is 1. The van der Waals surface area contributed by atoms with Crippen LogP contribution in [0.25, 0.3) is 22.9 Å². The minimum atomic E-state index is -0.429. The van der Waals surface area contributed by atoms with E-state index >= 15 is 0 Å². The zero-order chi connectivity index (χ0) is 17.1. The van der Waals surface area contributed by atoms with Gasteiger partial charge in [0.1, 0.15) is 17.2 Å². The van der Waals surface area contributed by atoms with Crippen LogP contribution in [0, 0.1) is 11.3 Å². The molecule has 1 aromatic heterocycles. The van der Waals surface area contributed by atoms with Crippen LogP contribution in [0.4, 0.5) is 0 Å². The Morgan fingerprint density at radius 2 is 2.17 bits per heavy atom. The van der Waals surface area contributed by atoms with Gasteiger partial charge < -0.3 is 14.8 Å². The van der Waals surface area contributed by atoms with Crippen molar-refractivity contribution in [2.45, 2.75) is 0 Å². The third kappa shape index (κ3) is 2.96. The average molecular weight is 319 g/mol. The topological polar surface area (TPSA) is 99.0 Å². The van der Waals surface area contributed by atoms with E-state index in [2.05, 4.69) is 9.97 Å². The molecule has 0 aliphatic heterocycles. The number of aromatic nitrogens is 2. The number of ether oxygens (including phenoxy) is 1. The van der Waals surface area contributed by atoms with Gasteiger partial charge in [0.2, 0.25) is 0 Å². The molecule has 2 N–H and O–H groups in total. The second kappa shape index (κ2) is 6.26. The number of methoxy groups -OCH3 is 1. The summed E-state index contributed by atoms with van der Waals surface area (Å²) in [4.78, 5) is 19.0. The first-order valence-corrected chi connectivity index (χ1v) is 7.10. The molecule has 1 heterocycles. The number of hydrogen-bond acceptors (Lipinski definition) is 5. The minimum Gasteiger partial charge on any atom is -0.507 e. The fraction of sp³-hybridized carbons (Fsp3) is 0.0556. The Labute approximate surface area is 137 Å². The van der Waals surface area contributed by atoms with E-state index in [1.54, 1.807) is 42.5 Å². The highest BCUT2D eigenvalue weighted by atomic mass is 16.5. The zero-order valence-electron chi connectivity index (χ0n) is 12.8. The predicted molar refractivity (Wildman–Crippen MR) is 90.6 cm³/mol. The molecular formula is C18H13N3O3. The van der Waals surface area contributed by atoms with E-state index in [1.165, 1.54) is 13.2 Å². The summed E-state index contributed by atoms with van der Waals surface area (Å²) in [5, 5.41) is 19.2. The Morgan fingerprint density at radius 3 is 2.92 bits per heavy atom. The van der Waals surface area contributed by atoms with Gasteiger partial charge in [-0.15, -0.1) is 0 Å². The van der Waals surface area contributed by atoms with Gasteiger partial charge in [-0.25, -0.2) is 4.98 Å². The summed E-state index contributed by atoms with van der Waals surface area (Å²) in [5.74, 6) is 0.481. The summed E-state index contributed by atoms with van der Waals surface area (Å²) in [6.07, 6.45) is 1.28.